The van der Waals surface area contributed by atoms with Crippen LogP contribution >= 0.6 is 0 Å². The first kappa shape index (κ1) is 10.4. The molecule has 5 nitrogen and oxygen atoms in total. The van der Waals surface area contributed by atoms with Crippen molar-refractivity contribution < 1.29 is 5.11 Å². The zero-order valence-corrected chi connectivity index (χ0v) is 8.98. The summed E-state index contributed by atoms with van der Waals surface area (Å²) in [5.74, 6) is 0.0128. The minimum Gasteiger partial charge on any atom is -0.493 e. The summed E-state index contributed by atoms with van der Waals surface area (Å²) in [6, 6.07) is 3.63. The van der Waals surface area contributed by atoms with Crippen LogP contribution in [0.4, 0.5) is 0 Å². The van der Waals surface area contributed by atoms with Crippen LogP contribution in [0.3, 0.4) is 0 Å². The third kappa shape index (κ3) is 1.79. The molecule has 2 aromatic heterocycles. The average Bonchev–Trinajstić information content (AvgIpc) is 2.25. The molecular formula is C11H11N3O2. The Kier molecular flexibility index (Phi) is 2.44. The van der Waals surface area contributed by atoms with Crippen LogP contribution in [0, 0.1) is 13.8 Å². The van der Waals surface area contributed by atoms with Gasteiger partial charge >= 0.3 is 0 Å². The van der Waals surface area contributed by atoms with Gasteiger partial charge in [-0.05, 0) is 31.5 Å². The number of pyridine rings is 1. The predicted molar refractivity (Wildman–Crippen MR) is 59.2 cm³/mol. The van der Waals surface area contributed by atoms with Crippen molar-refractivity contribution in [3.8, 4) is 17.4 Å². The van der Waals surface area contributed by atoms with Crippen molar-refractivity contribution in [3.05, 3.63) is 39.8 Å². The van der Waals surface area contributed by atoms with E-state index in [1.807, 2.05) is 13.0 Å². The fourth-order valence-corrected chi connectivity index (χ4v) is 1.31. The summed E-state index contributed by atoms with van der Waals surface area (Å²) < 4.78 is 0. The maximum Gasteiger partial charge on any atom is 0.257 e. The molecule has 0 aromatic carbocycles. The topological polar surface area (TPSA) is 78.9 Å². The van der Waals surface area contributed by atoms with E-state index in [-0.39, 0.29) is 22.8 Å². The van der Waals surface area contributed by atoms with Crippen molar-refractivity contribution >= 4 is 0 Å². The van der Waals surface area contributed by atoms with E-state index in [1.54, 1.807) is 12.3 Å². The van der Waals surface area contributed by atoms with Crippen molar-refractivity contribution in [2.75, 3.05) is 0 Å². The molecule has 0 atom stereocenters. The lowest BCUT2D eigenvalue weighted by molar-refractivity contribution is 0.447. The fourth-order valence-electron chi connectivity index (χ4n) is 1.31. The second-order valence-electron chi connectivity index (χ2n) is 3.58. The summed E-state index contributed by atoms with van der Waals surface area (Å²) >= 11 is 0. The molecule has 0 fully saturated rings. The average molecular weight is 217 g/mol. The van der Waals surface area contributed by atoms with Crippen molar-refractivity contribution in [1.82, 2.24) is 15.0 Å². The van der Waals surface area contributed by atoms with E-state index in [0.29, 0.717) is 5.69 Å². The van der Waals surface area contributed by atoms with E-state index >= 15 is 0 Å². The predicted octanol–water partition coefficient (Wildman–Crippen LogP) is 1.15. The molecule has 0 spiro atoms. The maximum absolute atomic E-state index is 11.4. The summed E-state index contributed by atoms with van der Waals surface area (Å²) in [5, 5.41) is 9.45. The summed E-state index contributed by atoms with van der Waals surface area (Å²) in [6.45, 7) is 3.42. The Bertz CT molecular complexity index is 590. The molecule has 0 aliphatic heterocycles. The molecule has 0 radical (unpaired) electrons. The largest absolute Gasteiger partial charge is 0.493 e. The minimum atomic E-state index is -0.356. The minimum absolute atomic E-state index is 0.205. The number of nitrogens with one attached hydrogen (secondary N) is 1. The van der Waals surface area contributed by atoms with Gasteiger partial charge in [-0.15, -0.1) is 0 Å². The number of rotatable bonds is 1. The molecule has 0 bridgehead atoms. The molecule has 0 aliphatic carbocycles. The Labute approximate surface area is 91.8 Å². The highest BCUT2D eigenvalue weighted by molar-refractivity contribution is 5.50. The Balaban J connectivity index is 2.61. The Hall–Kier alpha value is -2.17. The zero-order chi connectivity index (χ0) is 11.7. The van der Waals surface area contributed by atoms with Crippen LogP contribution in [-0.2, 0) is 0 Å². The summed E-state index contributed by atoms with van der Waals surface area (Å²) in [7, 11) is 0. The normalized spacial score (nSPS) is 10.4. The molecule has 2 rings (SSSR count). The second kappa shape index (κ2) is 3.77. The third-order valence-electron chi connectivity index (χ3n) is 2.28. The van der Waals surface area contributed by atoms with E-state index in [9.17, 15) is 9.90 Å². The highest BCUT2D eigenvalue weighted by Gasteiger charge is 2.08. The molecule has 2 N–H and O–H groups in total. The third-order valence-corrected chi connectivity index (χ3v) is 2.28. The van der Waals surface area contributed by atoms with Crippen LogP contribution < -0.4 is 5.56 Å². The van der Waals surface area contributed by atoms with E-state index in [1.165, 1.54) is 6.92 Å². The first-order chi connectivity index (χ1) is 7.58. The number of hydrogen-bond acceptors (Lipinski definition) is 4. The fraction of sp³-hybridized carbons (Fsp3) is 0.182. The highest BCUT2D eigenvalue weighted by Crippen LogP contribution is 2.15. The van der Waals surface area contributed by atoms with Crippen LogP contribution in [0.25, 0.3) is 11.5 Å². The monoisotopic (exact) mass is 217 g/mol. The number of H-pyrrole nitrogens is 1. The maximum atomic E-state index is 11.4. The van der Waals surface area contributed by atoms with Gasteiger partial charge in [0.05, 0.1) is 5.56 Å². The highest BCUT2D eigenvalue weighted by atomic mass is 16.3. The van der Waals surface area contributed by atoms with Crippen LogP contribution in [0.15, 0.2) is 23.1 Å². The molecular weight excluding hydrogens is 206 g/mol. The van der Waals surface area contributed by atoms with Gasteiger partial charge < -0.3 is 10.1 Å². The summed E-state index contributed by atoms with van der Waals surface area (Å²) in [4.78, 5) is 22.0. The Morgan fingerprint density at radius 3 is 2.75 bits per heavy atom. The first-order valence-electron chi connectivity index (χ1n) is 4.81. The van der Waals surface area contributed by atoms with Gasteiger partial charge in [-0.3, -0.25) is 9.78 Å². The SMILES string of the molecule is Cc1ccnc(-c2nc(O)c(C)c(=O)[nH]2)c1. The van der Waals surface area contributed by atoms with Crippen LogP contribution in [0.5, 0.6) is 5.88 Å². The van der Waals surface area contributed by atoms with Gasteiger partial charge in [-0.2, -0.15) is 4.98 Å². The number of hydrogen-bond donors (Lipinski definition) is 2. The number of aromatic nitrogens is 3. The van der Waals surface area contributed by atoms with E-state index < -0.39 is 0 Å². The van der Waals surface area contributed by atoms with Gasteiger partial charge in [0, 0.05) is 6.20 Å². The molecule has 0 aliphatic rings. The lowest BCUT2D eigenvalue weighted by Gasteiger charge is -2.02. The molecule has 5 heteroatoms. The van der Waals surface area contributed by atoms with Gasteiger partial charge in [0.25, 0.3) is 5.56 Å². The standard InChI is InChI=1S/C11H11N3O2/c1-6-3-4-12-8(5-6)9-13-10(15)7(2)11(16)14-9/h3-5H,1-2H3,(H2,13,14,15,16). The lowest BCUT2D eigenvalue weighted by atomic mass is 10.2. The summed E-state index contributed by atoms with van der Waals surface area (Å²) in [6.07, 6.45) is 1.63. The van der Waals surface area contributed by atoms with Crippen molar-refractivity contribution in [1.29, 1.82) is 0 Å². The van der Waals surface area contributed by atoms with Gasteiger partial charge in [0.2, 0.25) is 5.88 Å². The van der Waals surface area contributed by atoms with Crippen LogP contribution in [-0.4, -0.2) is 20.1 Å². The van der Waals surface area contributed by atoms with Gasteiger partial charge in [-0.25, -0.2) is 0 Å². The molecule has 82 valence electrons. The van der Waals surface area contributed by atoms with Gasteiger partial charge in [0.1, 0.15) is 5.69 Å². The van der Waals surface area contributed by atoms with Crippen molar-refractivity contribution in [2.45, 2.75) is 13.8 Å². The molecule has 0 amide bonds. The summed E-state index contributed by atoms with van der Waals surface area (Å²) in [5.41, 5.74) is 1.39. The molecule has 0 saturated heterocycles. The molecule has 0 saturated carbocycles. The lowest BCUT2D eigenvalue weighted by Crippen LogP contribution is -2.12. The van der Waals surface area contributed by atoms with Crippen molar-refractivity contribution in [2.24, 2.45) is 0 Å². The molecule has 2 heterocycles. The van der Waals surface area contributed by atoms with Crippen LogP contribution in [0.1, 0.15) is 11.1 Å². The van der Waals surface area contributed by atoms with E-state index in [2.05, 4.69) is 15.0 Å². The van der Waals surface area contributed by atoms with E-state index in [0.717, 1.165) is 5.56 Å². The van der Waals surface area contributed by atoms with Gasteiger partial charge in [-0.1, -0.05) is 0 Å². The van der Waals surface area contributed by atoms with Gasteiger partial charge in [0.15, 0.2) is 5.82 Å². The first-order valence-corrected chi connectivity index (χ1v) is 4.81. The van der Waals surface area contributed by atoms with E-state index in [4.69, 9.17) is 0 Å². The number of nitrogens with zero attached hydrogens (tertiary/aromatic N) is 2. The molecule has 0 unspecified atom stereocenters. The number of aromatic amines is 1. The smallest absolute Gasteiger partial charge is 0.257 e. The second-order valence-corrected chi connectivity index (χ2v) is 3.58. The molecule has 2 aromatic rings. The molecule has 16 heavy (non-hydrogen) atoms. The van der Waals surface area contributed by atoms with Crippen molar-refractivity contribution in [3.63, 3.8) is 0 Å². The quantitative estimate of drug-likeness (QED) is 0.751. The Morgan fingerprint density at radius 2 is 2.12 bits per heavy atom. The number of aromatic hydroxyl groups is 1. The number of aryl methyl sites for hydroxylation is 1. The zero-order valence-electron chi connectivity index (χ0n) is 8.98. The Morgan fingerprint density at radius 1 is 1.38 bits per heavy atom. The van der Waals surface area contributed by atoms with Crippen LogP contribution in [0.2, 0.25) is 0 Å².